The lowest BCUT2D eigenvalue weighted by Crippen LogP contribution is -2.36. The number of rotatable bonds is 4. The van der Waals surface area contributed by atoms with Crippen LogP contribution in [-0.2, 0) is 20.7 Å². The van der Waals surface area contributed by atoms with Crippen LogP contribution < -0.4 is 10.6 Å². The Morgan fingerprint density at radius 3 is 2.61 bits per heavy atom. The van der Waals surface area contributed by atoms with Gasteiger partial charge in [-0.3, -0.25) is 4.79 Å². The second kappa shape index (κ2) is 8.37. The molecule has 2 aliphatic rings. The molecule has 1 amide bonds. The first kappa shape index (κ1) is 22.3. The van der Waals surface area contributed by atoms with E-state index in [0.29, 0.717) is 24.2 Å². The third-order valence-electron chi connectivity index (χ3n) is 5.14. The van der Waals surface area contributed by atoms with Crippen LogP contribution in [0.3, 0.4) is 0 Å². The molecule has 0 saturated heterocycles. The first-order chi connectivity index (χ1) is 14.5. The molecule has 0 bridgehead atoms. The summed E-state index contributed by atoms with van der Waals surface area (Å²) in [4.78, 5) is 40.8. The molecule has 1 aliphatic heterocycles. The van der Waals surface area contributed by atoms with Crippen LogP contribution in [0.1, 0.15) is 67.2 Å². The number of allylic oxidation sites excluding steroid dienone is 1. The lowest BCUT2D eigenvalue weighted by atomic mass is 9.97. The van der Waals surface area contributed by atoms with Crippen molar-refractivity contribution in [2.45, 2.75) is 59.1 Å². The molecule has 3 rings (SSSR count). The molecule has 1 aromatic rings. The highest BCUT2D eigenvalue weighted by molar-refractivity contribution is 6.44. The number of fused-ring (bicyclic) bond motifs is 1. The largest absolute Gasteiger partial charge is 0.477 e. The molecule has 1 aromatic carbocycles. The lowest BCUT2D eigenvalue weighted by Gasteiger charge is -2.21. The van der Waals surface area contributed by atoms with Crippen molar-refractivity contribution in [1.82, 2.24) is 10.6 Å². The van der Waals surface area contributed by atoms with E-state index < -0.39 is 17.5 Å². The van der Waals surface area contributed by atoms with Crippen LogP contribution in [0.25, 0.3) is 0 Å². The van der Waals surface area contributed by atoms with E-state index in [4.69, 9.17) is 4.74 Å². The predicted molar refractivity (Wildman–Crippen MR) is 116 cm³/mol. The highest BCUT2D eigenvalue weighted by atomic mass is 16.6. The van der Waals surface area contributed by atoms with Gasteiger partial charge in [-0.15, -0.1) is 0 Å². The number of aliphatic imine (C=N–C) groups is 1. The number of hydrogen-bond acceptors (Lipinski definition) is 6. The number of hydrogen-bond donors (Lipinski definition) is 3. The average Bonchev–Trinajstić information content (AvgIpc) is 3.10. The van der Waals surface area contributed by atoms with Crippen molar-refractivity contribution in [2.24, 2.45) is 4.99 Å². The summed E-state index contributed by atoms with van der Waals surface area (Å²) in [5, 5.41) is 14.8. The predicted octanol–water partition coefficient (Wildman–Crippen LogP) is 2.93. The third-order valence-corrected chi connectivity index (χ3v) is 5.14. The van der Waals surface area contributed by atoms with E-state index in [9.17, 15) is 19.5 Å². The van der Waals surface area contributed by atoms with E-state index in [1.807, 2.05) is 33.8 Å². The number of carboxylic acid groups (broad SMARTS) is 1. The second-order valence-electron chi connectivity index (χ2n) is 8.53. The number of carbonyl (C=O) groups excluding carboxylic acids is 2. The van der Waals surface area contributed by atoms with Gasteiger partial charge in [0.1, 0.15) is 22.8 Å². The molecule has 8 nitrogen and oxygen atoms in total. The van der Waals surface area contributed by atoms with E-state index in [1.54, 1.807) is 19.1 Å². The van der Waals surface area contributed by atoms with Gasteiger partial charge >= 0.3 is 11.9 Å². The Hall–Kier alpha value is -3.42. The molecule has 0 radical (unpaired) electrons. The molecule has 0 aromatic heterocycles. The van der Waals surface area contributed by atoms with Crippen LogP contribution in [0.5, 0.6) is 0 Å². The summed E-state index contributed by atoms with van der Waals surface area (Å²) in [6, 6.07) is 3.33. The van der Waals surface area contributed by atoms with Crippen molar-refractivity contribution in [2.75, 3.05) is 0 Å². The van der Waals surface area contributed by atoms with Crippen LogP contribution in [0.4, 0.5) is 0 Å². The quantitative estimate of drug-likeness (QED) is 0.639. The fourth-order valence-electron chi connectivity index (χ4n) is 3.69. The Morgan fingerprint density at radius 1 is 1.29 bits per heavy atom. The van der Waals surface area contributed by atoms with Crippen molar-refractivity contribution in [3.8, 4) is 0 Å². The zero-order chi connectivity index (χ0) is 22.9. The number of carbonyl (C=O) groups is 3. The molecular formula is C23H27N3O5. The van der Waals surface area contributed by atoms with Gasteiger partial charge in [-0.05, 0) is 76.3 Å². The summed E-state index contributed by atoms with van der Waals surface area (Å²) in [5.74, 6) is -1.69. The molecular weight excluding hydrogens is 398 g/mol. The molecule has 1 unspecified atom stereocenters. The summed E-state index contributed by atoms with van der Waals surface area (Å²) in [5.41, 5.74) is 2.68. The number of ether oxygens (including phenoxy) is 1. The molecule has 8 heteroatoms. The summed E-state index contributed by atoms with van der Waals surface area (Å²) in [7, 11) is 0. The molecule has 164 valence electrons. The van der Waals surface area contributed by atoms with E-state index in [-0.39, 0.29) is 23.4 Å². The van der Waals surface area contributed by atoms with Crippen LogP contribution in [0.2, 0.25) is 0 Å². The maximum absolute atomic E-state index is 12.8. The standard InChI is InChI=1S/C23H27N3O5/c1-6-19-24-17(11-18(25-19)21(28)29)20(27)26-16-10-9-13-12(2)14(7-8-15(13)16)22(30)31-23(3,4)5/h6-8,11,16,25H,9-10H2,1-5H3,(H,26,27)(H,28,29)/b19-6+. The first-order valence-electron chi connectivity index (χ1n) is 10.1. The number of esters is 1. The Kier molecular flexibility index (Phi) is 6.01. The number of nitrogens with one attached hydrogen (secondary N) is 2. The zero-order valence-corrected chi connectivity index (χ0v) is 18.3. The highest BCUT2D eigenvalue weighted by Gasteiger charge is 2.30. The molecule has 0 spiro atoms. The van der Waals surface area contributed by atoms with Gasteiger partial charge in [0.15, 0.2) is 0 Å². The normalized spacial score (nSPS) is 19.1. The van der Waals surface area contributed by atoms with Crippen LogP contribution in [-0.4, -0.2) is 34.3 Å². The number of nitrogens with zero attached hydrogens (tertiary/aromatic N) is 1. The van der Waals surface area contributed by atoms with E-state index >= 15 is 0 Å². The first-order valence-corrected chi connectivity index (χ1v) is 10.1. The third kappa shape index (κ3) is 4.84. The average molecular weight is 425 g/mol. The van der Waals surface area contributed by atoms with Crippen LogP contribution >= 0.6 is 0 Å². The van der Waals surface area contributed by atoms with Crippen molar-refractivity contribution in [3.63, 3.8) is 0 Å². The van der Waals surface area contributed by atoms with E-state index in [0.717, 1.165) is 16.7 Å². The van der Waals surface area contributed by atoms with Crippen molar-refractivity contribution >= 4 is 23.6 Å². The maximum Gasteiger partial charge on any atom is 0.352 e. The van der Waals surface area contributed by atoms with Gasteiger partial charge in [0.2, 0.25) is 0 Å². The van der Waals surface area contributed by atoms with Gasteiger partial charge in [0.05, 0.1) is 11.6 Å². The second-order valence-corrected chi connectivity index (χ2v) is 8.53. The molecule has 3 N–H and O–H groups in total. The van der Waals surface area contributed by atoms with Gasteiger partial charge in [0.25, 0.3) is 5.91 Å². The summed E-state index contributed by atoms with van der Waals surface area (Å²) in [6.07, 6.45) is 4.21. The topological polar surface area (TPSA) is 117 Å². The SMILES string of the molecule is C/C=C1\N=C(C(=O)NC2CCc3c2ccc(C(=O)OC(C)(C)C)c3C)C=C(C(=O)O)N1. The molecule has 0 saturated carbocycles. The molecule has 1 heterocycles. The fraction of sp³-hybridized carbons (Fsp3) is 0.391. The van der Waals surface area contributed by atoms with E-state index in [2.05, 4.69) is 15.6 Å². The molecule has 0 fully saturated rings. The Labute approximate surface area is 181 Å². The van der Waals surface area contributed by atoms with Gasteiger partial charge in [0, 0.05) is 6.08 Å². The minimum atomic E-state index is -1.17. The Balaban J connectivity index is 1.82. The summed E-state index contributed by atoms with van der Waals surface area (Å²) < 4.78 is 5.50. The van der Waals surface area contributed by atoms with Crippen molar-refractivity contribution in [1.29, 1.82) is 0 Å². The van der Waals surface area contributed by atoms with Crippen molar-refractivity contribution in [3.05, 3.63) is 58.1 Å². The number of aliphatic carboxylic acids is 1. The van der Waals surface area contributed by atoms with E-state index in [1.165, 1.54) is 6.08 Å². The smallest absolute Gasteiger partial charge is 0.352 e. The van der Waals surface area contributed by atoms with Gasteiger partial charge < -0.3 is 20.5 Å². The highest BCUT2D eigenvalue weighted by Crippen LogP contribution is 2.35. The molecule has 31 heavy (non-hydrogen) atoms. The lowest BCUT2D eigenvalue weighted by molar-refractivity contribution is -0.133. The van der Waals surface area contributed by atoms with Gasteiger partial charge in [-0.1, -0.05) is 6.07 Å². The Morgan fingerprint density at radius 2 is 2.00 bits per heavy atom. The van der Waals surface area contributed by atoms with Gasteiger partial charge in [-0.25, -0.2) is 14.6 Å². The van der Waals surface area contributed by atoms with Crippen molar-refractivity contribution < 1.29 is 24.2 Å². The fourth-order valence-corrected chi connectivity index (χ4v) is 3.69. The summed E-state index contributed by atoms with van der Waals surface area (Å²) in [6.45, 7) is 9.06. The maximum atomic E-state index is 12.8. The number of carboxylic acids is 1. The van der Waals surface area contributed by atoms with Gasteiger partial charge in [-0.2, -0.15) is 0 Å². The monoisotopic (exact) mass is 425 g/mol. The summed E-state index contributed by atoms with van der Waals surface area (Å²) >= 11 is 0. The minimum absolute atomic E-state index is 0.0276. The zero-order valence-electron chi connectivity index (χ0n) is 18.3. The number of benzene rings is 1. The minimum Gasteiger partial charge on any atom is -0.477 e. The van der Waals surface area contributed by atoms with Crippen LogP contribution in [0, 0.1) is 6.92 Å². The Bertz CT molecular complexity index is 1040. The van der Waals surface area contributed by atoms with Crippen LogP contribution in [0.15, 0.2) is 40.8 Å². The molecule has 1 atom stereocenters. The number of amides is 1. The molecule has 1 aliphatic carbocycles.